The number of aliphatic hydroxyl groups is 2. The van der Waals surface area contributed by atoms with Gasteiger partial charge in [0.1, 0.15) is 0 Å². The van der Waals surface area contributed by atoms with Crippen LogP contribution >= 0.6 is 0 Å². The summed E-state index contributed by atoms with van der Waals surface area (Å²) in [6.45, 7) is 4.84. The van der Waals surface area contributed by atoms with Crippen molar-refractivity contribution in [2.45, 2.75) is 283 Å². The highest BCUT2D eigenvalue weighted by atomic mass is 16.5. The van der Waals surface area contributed by atoms with Gasteiger partial charge in [-0.25, -0.2) is 0 Å². The third kappa shape index (κ3) is 45.6. The fourth-order valence-corrected chi connectivity index (χ4v) is 7.85. The van der Waals surface area contributed by atoms with Crippen LogP contribution in [0, 0.1) is 0 Å². The van der Waals surface area contributed by atoms with Gasteiger partial charge in [-0.2, -0.15) is 0 Å². The number of ether oxygens (including phenoxy) is 1. The first-order chi connectivity index (χ1) is 29.5. The first-order valence-electron chi connectivity index (χ1n) is 26.2. The van der Waals surface area contributed by atoms with Crippen molar-refractivity contribution < 1.29 is 24.5 Å². The highest BCUT2D eigenvalue weighted by molar-refractivity contribution is 5.76. The van der Waals surface area contributed by atoms with Crippen LogP contribution in [-0.2, 0) is 14.3 Å². The SMILES string of the molecule is CCC/C=C\C/C=C\CCCCCCCC(=O)OCCCCCCCC/C=C\CCCCCC(=O)NC(CO)C(O)CCCCCCCCCCCCCCCCCCC. The van der Waals surface area contributed by atoms with Crippen molar-refractivity contribution in [3.8, 4) is 0 Å². The maximum Gasteiger partial charge on any atom is 0.305 e. The Labute approximate surface area is 373 Å². The van der Waals surface area contributed by atoms with Crippen molar-refractivity contribution in [3.63, 3.8) is 0 Å². The zero-order chi connectivity index (χ0) is 43.7. The zero-order valence-corrected chi connectivity index (χ0v) is 39.9. The van der Waals surface area contributed by atoms with E-state index < -0.39 is 12.1 Å². The van der Waals surface area contributed by atoms with E-state index in [-0.39, 0.29) is 18.5 Å². The Kier molecular flexibility index (Phi) is 48.1. The van der Waals surface area contributed by atoms with Crippen molar-refractivity contribution in [1.29, 1.82) is 0 Å². The van der Waals surface area contributed by atoms with E-state index in [0.717, 1.165) is 83.5 Å². The van der Waals surface area contributed by atoms with Crippen LogP contribution in [-0.4, -0.2) is 47.4 Å². The number of nitrogens with one attached hydrogen (secondary N) is 1. The molecule has 6 nitrogen and oxygen atoms in total. The van der Waals surface area contributed by atoms with Crippen molar-refractivity contribution in [2.75, 3.05) is 13.2 Å². The summed E-state index contributed by atoms with van der Waals surface area (Å²) in [5.41, 5.74) is 0. The van der Waals surface area contributed by atoms with Crippen LogP contribution in [0.3, 0.4) is 0 Å². The number of unbranched alkanes of at least 4 members (excludes halogenated alkanes) is 31. The predicted octanol–water partition coefficient (Wildman–Crippen LogP) is 15.7. The fraction of sp³-hybridized carbons (Fsp3) is 0.852. The number of aliphatic hydroxyl groups excluding tert-OH is 2. The molecule has 0 rings (SSSR count). The molecular formula is C54H101NO5. The molecule has 0 bridgehead atoms. The number of amides is 1. The summed E-state index contributed by atoms with van der Waals surface area (Å²) >= 11 is 0. The quantitative estimate of drug-likeness (QED) is 0.0322. The summed E-state index contributed by atoms with van der Waals surface area (Å²) in [4.78, 5) is 24.4. The second-order valence-electron chi connectivity index (χ2n) is 17.8. The molecule has 2 atom stereocenters. The van der Waals surface area contributed by atoms with Gasteiger partial charge in [0.15, 0.2) is 0 Å². The lowest BCUT2D eigenvalue weighted by Gasteiger charge is -2.22. The van der Waals surface area contributed by atoms with Crippen molar-refractivity contribution >= 4 is 11.9 Å². The number of rotatable bonds is 48. The standard InChI is InChI=1S/C54H101NO5/c1-3-5-7-9-11-13-15-17-18-19-20-23-26-30-34-38-42-46-52(57)51(50-56)55-53(58)47-43-39-35-31-27-24-21-25-29-33-37-41-45-49-60-54(59)48-44-40-36-32-28-22-16-14-12-10-8-6-4-2/h8,10,14,16,24,27,51-52,56-57H,3-7,9,11-13,15,17-23,25-26,28-50H2,1-2H3,(H,55,58)/b10-8-,16-14-,27-24-. The third-order valence-electron chi connectivity index (χ3n) is 11.9. The molecule has 0 aromatic rings. The van der Waals surface area contributed by atoms with Crippen LogP contribution in [0.15, 0.2) is 36.5 Å². The molecule has 0 fully saturated rings. The number of hydrogen-bond acceptors (Lipinski definition) is 5. The number of allylic oxidation sites excluding steroid dienone is 6. The van der Waals surface area contributed by atoms with Crippen LogP contribution in [0.1, 0.15) is 271 Å². The molecule has 1 amide bonds. The van der Waals surface area contributed by atoms with Gasteiger partial charge in [-0.1, -0.05) is 217 Å². The molecule has 0 aliphatic carbocycles. The molecule has 6 heteroatoms. The van der Waals surface area contributed by atoms with Crippen molar-refractivity contribution in [2.24, 2.45) is 0 Å². The van der Waals surface area contributed by atoms with Crippen LogP contribution < -0.4 is 5.32 Å². The van der Waals surface area contributed by atoms with E-state index in [9.17, 15) is 19.8 Å². The third-order valence-corrected chi connectivity index (χ3v) is 11.9. The van der Waals surface area contributed by atoms with E-state index >= 15 is 0 Å². The Morgan fingerprint density at radius 1 is 0.467 bits per heavy atom. The molecule has 60 heavy (non-hydrogen) atoms. The summed E-state index contributed by atoms with van der Waals surface area (Å²) in [5.74, 6) is -0.0934. The summed E-state index contributed by atoms with van der Waals surface area (Å²) < 4.78 is 5.44. The molecule has 0 aromatic carbocycles. The highest BCUT2D eigenvalue weighted by Crippen LogP contribution is 2.16. The van der Waals surface area contributed by atoms with Gasteiger partial charge in [0.05, 0.1) is 25.4 Å². The minimum Gasteiger partial charge on any atom is -0.466 e. The summed E-state index contributed by atoms with van der Waals surface area (Å²) in [5, 5.41) is 23.2. The average molecular weight is 844 g/mol. The van der Waals surface area contributed by atoms with E-state index in [0.29, 0.717) is 25.9 Å². The van der Waals surface area contributed by atoms with Crippen LogP contribution in [0.5, 0.6) is 0 Å². The lowest BCUT2D eigenvalue weighted by atomic mass is 10.0. The second-order valence-corrected chi connectivity index (χ2v) is 17.8. The minimum absolute atomic E-state index is 0.0282. The van der Waals surface area contributed by atoms with Gasteiger partial charge in [-0.3, -0.25) is 9.59 Å². The van der Waals surface area contributed by atoms with Gasteiger partial charge in [-0.05, 0) is 77.0 Å². The summed E-state index contributed by atoms with van der Waals surface area (Å²) in [6, 6.07) is -0.563. The van der Waals surface area contributed by atoms with Crippen LogP contribution in [0.25, 0.3) is 0 Å². The molecule has 0 aliphatic rings. The molecule has 0 spiro atoms. The normalized spacial score (nSPS) is 12.9. The maximum atomic E-state index is 12.5. The van der Waals surface area contributed by atoms with Gasteiger partial charge in [0, 0.05) is 12.8 Å². The van der Waals surface area contributed by atoms with E-state index in [1.54, 1.807) is 0 Å². The lowest BCUT2D eigenvalue weighted by molar-refractivity contribution is -0.143. The largest absolute Gasteiger partial charge is 0.466 e. The van der Waals surface area contributed by atoms with Crippen LogP contribution in [0.4, 0.5) is 0 Å². The van der Waals surface area contributed by atoms with E-state index in [2.05, 4.69) is 55.6 Å². The van der Waals surface area contributed by atoms with Crippen molar-refractivity contribution in [1.82, 2.24) is 5.32 Å². The topological polar surface area (TPSA) is 95.9 Å². The smallest absolute Gasteiger partial charge is 0.305 e. The number of carbonyl (C=O) groups is 2. The van der Waals surface area contributed by atoms with Crippen molar-refractivity contribution in [3.05, 3.63) is 36.5 Å². The number of esters is 1. The van der Waals surface area contributed by atoms with Gasteiger partial charge in [0.2, 0.25) is 5.91 Å². The summed E-state index contributed by atoms with van der Waals surface area (Å²) in [6.07, 6.45) is 59.7. The summed E-state index contributed by atoms with van der Waals surface area (Å²) in [7, 11) is 0. The average Bonchev–Trinajstić information content (AvgIpc) is 3.25. The Morgan fingerprint density at radius 3 is 1.37 bits per heavy atom. The molecular weight excluding hydrogens is 743 g/mol. The zero-order valence-electron chi connectivity index (χ0n) is 39.9. The first kappa shape index (κ1) is 58.1. The molecule has 2 unspecified atom stereocenters. The minimum atomic E-state index is -0.682. The predicted molar refractivity (Wildman–Crippen MR) is 259 cm³/mol. The second kappa shape index (κ2) is 49.7. The fourth-order valence-electron chi connectivity index (χ4n) is 7.85. The molecule has 0 heterocycles. The van der Waals surface area contributed by atoms with E-state index in [1.807, 2.05) is 0 Å². The van der Waals surface area contributed by atoms with Gasteiger partial charge >= 0.3 is 5.97 Å². The van der Waals surface area contributed by atoms with Crippen LogP contribution in [0.2, 0.25) is 0 Å². The molecule has 0 aromatic heterocycles. The molecule has 0 saturated carbocycles. The number of carbonyl (C=O) groups excluding carboxylic acids is 2. The Bertz CT molecular complexity index is 977. The van der Waals surface area contributed by atoms with E-state index in [4.69, 9.17) is 4.74 Å². The first-order valence-corrected chi connectivity index (χ1v) is 26.2. The maximum absolute atomic E-state index is 12.5. The molecule has 3 N–H and O–H groups in total. The Hall–Kier alpha value is -1.92. The molecule has 0 radical (unpaired) electrons. The molecule has 352 valence electrons. The number of hydrogen-bond donors (Lipinski definition) is 3. The van der Waals surface area contributed by atoms with Gasteiger partial charge in [-0.15, -0.1) is 0 Å². The Balaban J connectivity index is 3.52. The monoisotopic (exact) mass is 844 g/mol. The molecule has 0 aliphatic heterocycles. The van der Waals surface area contributed by atoms with E-state index in [1.165, 1.54) is 154 Å². The van der Waals surface area contributed by atoms with Gasteiger partial charge in [0.25, 0.3) is 0 Å². The highest BCUT2D eigenvalue weighted by Gasteiger charge is 2.20. The molecule has 0 saturated heterocycles. The Morgan fingerprint density at radius 2 is 0.867 bits per heavy atom. The lowest BCUT2D eigenvalue weighted by Crippen LogP contribution is -2.45. The van der Waals surface area contributed by atoms with Gasteiger partial charge < -0.3 is 20.3 Å².